The minimum absolute atomic E-state index is 0.00322. The molecule has 0 radical (unpaired) electrons. The molecule has 3 aromatic heterocycles. The van der Waals surface area contributed by atoms with E-state index in [1.54, 1.807) is 40.2 Å². The number of ether oxygens (including phenoxy) is 1. The molecule has 0 saturated heterocycles. The van der Waals surface area contributed by atoms with Crippen LogP contribution in [0, 0.1) is 11.8 Å². The molecule has 7 rings (SSSR count). The third-order valence-electron chi connectivity index (χ3n) is 11.1. The average Bonchev–Trinajstić information content (AvgIpc) is 3.71. The first-order valence-corrected chi connectivity index (χ1v) is 20.7. The summed E-state index contributed by atoms with van der Waals surface area (Å²) in [6.07, 6.45) is 10.8. The number of benzene rings is 1. The zero-order valence-electron chi connectivity index (χ0n) is 32.4. The van der Waals surface area contributed by atoms with E-state index in [0.717, 1.165) is 88.5 Å². The number of primary amides is 1. The highest BCUT2D eigenvalue weighted by molar-refractivity contribution is 6.29. The Kier molecular flexibility index (Phi) is 13.5. The van der Waals surface area contributed by atoms with Gasteiger partial charge in [0.25, 0.3) is 18.2 Å². The van der Waals surface area contributed by atoms with E-state index in [2.05, 4.69) is 25.7 Å². The molecule has 4 heterocycles. The van der Waals surface area contributed by atoms with Crippen LogP contribution in [0.5, 0.6) is 5.75 Å². The highest BCUT2D eigenvalue weighted by Gasteiger charge is 2.32. The van der Waals surface area contributed by atoms with Crippen molar-refractivity contribution in [2.24, 2.45) is 17.6 Å². The first kappa shape index (κ1) is 41.1. The van der Waals surface area contributed by atoms with E-state index < -0.39 is 12.3 Å². The summed E-state index contributed by atoms with van der Waals surface area (Å²) in [5.41, 5.74) is 7.82. The van der Waals surface area contributed by atoms with Crippen LogP contribution < -0.4 is 30.9 Å². The number of carbonyl (C=O) groups excluding carboxylic acids is 3. The lowest BCUT2D eigenvalue weighted by Crippen LogP contribution is -2.36. The quantitative estimate of drug-likeness (QED) is 0.0717. The van der Waals surface area contributed by atoms with Crippen LogP contribution in [0.25, 0.3) is 11.5 Å². The van der Waals surface area contributed by atoms with Crippen LogP contribution in [0.1, 0.15) is 92.0 Å². The number of pyridine rings is 1. The predicted octanol–water partition coefficient (Wildman–Crippen LogP) is 6.33. The summed E-state index contributed by atoms with van der Waals surface area (Å²) >= 11 is 5.76. The number of fused-ring (bicyclic) bond motifs is 1. The lowest BCUT2D eigenvalue weighted by Gasteiger charge is -2.29. The number of oxazole rings is 1. The van der Waals surface area contributed by atoms with Crippen LogP contribution in [0.15, 0.2) is 53.4 Å². The summed E-state index contributed by atoms with van der Waals surface area (Å²) in [5, 5.41) is 10.9. The van der Waals surface area contributed by atoms with Crippen LogP contribution >= 0.6 is 11.6 Å². The molecule has 4 N–H and O–H groups in total. The summed E-state index contributed by atoms with van der Waals surface area (Å²) in [6.45, 7) is 3.35. The Hall–Kier alpha value is -5.09. The van der Waals surface area contributed by atoms with Gasteiger partial charge < -0.3 is 35.3 Å². The Bertz CT molecular complexity index is 2050. The van der Waals surface area contributed by atoms with E-state index in [-0.39, 0.29) is 47.6 Å². The number of rotatable bonds is 19. The van der Waals surface area contributed by atoms with Gasteiger partial charge >= 0.3 is 0 Å². The van der Waals surface area contributed by atoms with Gasteiger partial charge in [0.15, 0.2) is 18.0 Å². The zero-order valence-corrected chi connectivity index (χ0v) is 33.1. The van der Waals surface area contributed by atoms with Gasteiger partial charge in [-0.25, -0.2) is 18.7 Å². The Balaban J connectivity index is 0.836. The van der Waals surface area contributed by atoms with Crippen molar-refractivity contribution in [1.29, 1.82) is 0 Å². The number of aromatic nitrogens is 4. The van der Waals surface area contributed by atoms with Crippen molar-refractivity contribution in [3.63, 3.8) is 0 Å². The number of nitrogens with zero attached hydrogens (tertiary/aromatic N) is 6. The van der Waals surface area contributed by atoms with Crippen molar-refractivity contribution in [2.75, 3.05) is 55.0 Å². The molecule has 58 heavy (non-hydrogen) atoms. The van der Waals surface area contributed by atoms with Crippen molar-refractivity contribution >= 4 is 46.5 Å². The smallest absolute Gasteiger partial charge is 0.284 e. The van der Waals surface area contributed by atoms with Crippen molar-refractivity contribution in [3.05, 3.63) is 65.9 Å². The Labute approximate surface area is 340 Å². The van der Waals surface area contributed by atoms with Crippen molar-refractivity contribution in [3.8, 4) is 17.2 Å². The molecule has 0 unspecified atom stereocenters. The van der Waals surface area contributed by atoms with E-state index in [4.69, 9.17) is 26.5 Å². The van der Waals surface area contributed by atoms with E-state index in [1.165, 1.54) is 6.26 Å². The van der Waals surface area contributed by atoms with E-state index in [1.807, 2.05) is 17.0 Å². The van der Waals surface area contributed by atoms with E-state index in [0.29, 0.717) is 54.3 Å². The second kappa shape index (κ2) is 19.1. The molecule has 2 saturated carbocycles. The molecule has 3 aliphatic rings. The summed E-state index contributed by atoms with van der Waals surface area (Å²) in [7, 11) is 0. The number of halogens is 3. The van der Waals surface area contributed by atoms with Gasteiger partial charge in [-0.2, -0.15) is 5.10 Å². The normalized spacial score (nSPS) is 17.9. The standard InChI is InChI=1S/C41H50ClF2N9O5/c42-20-37(55)51-17-3-4-28-18-31(11-12-33(28)51)57-25-36(54)48-15-2-1-14-46-21-26-7-9-30(10-8-26)53-23-34(38(50-53)39(43)44)52(22-27-5-6-27)35-19-29(13-16-47-35)41-49-32(24-58-41)40(45)56/h11-13,16,18-19,23-24,26-27,30,39,46H,1-10,14-15,17,20-22,25H2,(H2,45,56)(H,48,54). The van der Waals surface area contributed by atoms with Gasteiger partial charge in [-0.15, -0.1) is 11.6 Å². The highest BCUT2D eigenvalue weighted by atomic mass is 35.5. The molecule has 0 bridgehead atoms. The van der Waals surface area contributed by atoms with Gasteiger partial charge in [-0.05, 0) is 125 Å². The second-order valence-corrected chi connectivity index (χ2v) is 15.6. The number of hydrogen-bond donors (Lipinski definition) is 3. The molecule has 1 aliphatic heterocycles. The molecule has 0 atom stereocenters. The number of alkyl halides is 3. The topological polar surface area (TPSA) is 174 Å². The molecule has 17 heteroatoms. The highest BCUT2D eigenvalue weighted by Crippen LogP contribution is 2.41. The fourth-order valence-corrected chi connectivity index (χ4v) is 7.90. The molecule has 2 fully saturated rings. The van der Waals surface area contributed by atoms with Crippen LogP contribution in [0.3, 0.4) is 0 Å². The van der Waals surface area contributed by atoms with Crippen LogP contribution in [0.2, 0.25) is 0 Å². The first-order chi connectivity index (χ1) is 28.2. The van der Waals surface area contributed by atoms with Crippen molar-refractivity contribution in [1.82, 2.24) is 30.4 Å². The van der Waals surface area contributed by atoms with Crippen LogP contribution in [-0.2, 0) is 16.0 Å². The Morgan fingerprint density at radius 1 is 1.05 bits per heavy atom. The van der Waals surface area contributed by atoms with Gasteiger partial charge in [0.05, 0.1) is 11.7 Å². The molecule has 3 amide bonds. The maximum Gasteiger partial charge on any atom is 0.284 e. The fraction of sp³-hybridized carbons (Fsp3) is 0.512. The molecular weight excluding hydrogens is 772 g/mol. The number of amides is 3. The van der Waals surface area contributed by atoms with Gasteiger partial charge in [-0.3, -0.25) is 19.1 Å². The molecule has 0 spiro atoms. The van der Waals surface area contributed by atoms with E-state index in [9.17, 15) is 23.2 Å². The second-order valence-electron chi connectivity index (χ2n) is 15.3. The monoisotopic (exact) mass is 821 g/mol. The van der Waals surface area contributed by atoms with Crippen LogP contribution in [0.4, 0.5) is 26.0 Å². The number of nitrogens with two attached hydrogens (primary N) is 1. The number of aryl methyl sites for hydroxylation is 1. The summed E-state index contributed by atoms with van der Waals surface area (Å²) in [5.74, 6) is 1.01. The lowest BCUT2D eigenvalue weighted by molar-refractivity contribution is -0.123. The molecule has 2 aliphatic carbocycles. The molecule has 14 nitrogen and oxygen atoms in total. The van der Waals surface area contributed by atoms with Gasteiger partial charge in [0.1, 0.15) is 23.7 Å². The lowest BCUT2D eigenvalue weighted by atomic mass is 9.86. The molecule has 4 aromatic rings. The van der Waals surface area contributed by atoms with Gasteiger partial charge in [0, 0.05) is 43.3 Å². The minimum Gasteiger partial charge on any atom is -0.484 e. The summed E-state index contributed by atoms with van der Waals surface area (Å²) in [6, 6.07) is 8.93. The minimum atomic E-state index is -2.77. The van der Waals surface area contributed by atoms with E-state index >= 15 is 0 Å². The summed E-state index contributed by atoms with van der Waals surface area (Å²) in [4.78, 5) is 48.3. The number of hydrogen-bond acceptors (Lipinski definition) is 10. The Morgan fingerprint density at radius 2 is 1.84 bits per heavy atom. The predicted molar refractivity (Wildman–Crippen MR) is 215 cm³/mol. The fourth-order valence-electron chi connectivity index (χ4n) is 7.76. The summed E-state index contributed by atoms with van der Waals surface area (Å²) < 4.78 is 42.0. The first-order valence-electron chi connectivity index (χ1n) is 20.1. The number of carbonyl (C=O) groups is 3. The number of nitrogens with one attached hydrogen (secondary N) is 2. The zero-order chi connectivity index (χ0) is 40.6. The number of anilines is 3. The molecule has 1 aromatic carbocycles. The number of unbranched alkanes of at least 4 members (excludes halogenated alkanes) is 1. The van der Waals surface area contributed by atoms with Crippen LogP contribution in [-0.4, -0.2) is 82.7 Å². The maximum absolute atomic E-state index is 14.6. The maximum atomic E-state index is 14.6. The van der Waals surface area contributed by atoms with Crippen molar-refractivity contribution < 1.29 is 32.3 Å². The third-order valence-corrected chi connectivity index (χ3v) is 11.3. The largest absolute Gasteiger partial charge is 0.484 e. The molecule has 310 valence electrons. The molecular formula is C41H50ClF2N9O5. The third kappa shape index (κ3) is 10.3. The van der Waals surface area contributed by atoms with Gasteiger partial charge in [-0.1, -0.05) is 0 Å². The van der Waals surface area contributed by atoms with Crippen molar-refractivity contribution in [2.45, 2.75) is 76.7 Å². The average molecular weight is 822 g/mol. The van der Waals surface area contributed by atoms with Gasteiger partial charge in [0.2, 0.25) is 11.8 Å². The Morgan fingerprint density at radius 3 is 2.59 bits per heavy atom. The SMILES string of the molecule is NC(=O)c1coc(-c2ccnc(N(CC3CC3)c3cn(C4CCC(CNCCCCNC(=O)COc5ccc6c(c5)CCCN6C(=O)CCl)CC4)nc3C(F)F)c2)n1.